The number of nitrogens with zero attached hydrogens (tertiary/aromatic N) is 2. The summed E-state index contributed by atoms with van der Waals surface area (Å²) in [4.78, 5) is 19.3. The first-order valence-corrected chi connectivity index (χ1v) is 6.16. The molecule has 0 bridgehead atoms. The first-order valence-electron chi connectivity index (χ1n) is 6.16. The number of nitrogens with one attached hydrogen (secondary N) is 1. The molecule has 2 rings (SSSR count). The summed E-state index contributed by atoms with van der Waals surface area (Å²) in [6.45, 7) is 0.0339. The Kier molecular flexibility index (Phi) is 4.53. The fourth-order valence-electron chi connectivity index (χ4n) is 2.01. The SMILES string of the molecule is COC(=O)c1c(N)ncnc1N[C@@H]1O[C@H](CN)[C@@H](O)[C@H]1O. The highest BCUT2D eigenvalue weighted by molar-refractivity contribution is 5.99. The van der Waals surface area contributed by atoms with E-state index in [1.54, 1.807) is 0 Å². The number of nitrogen functional groups attached to an aromatic ring is 1. The monoisotopic (exact) mass is 299 g/mol. The van der Waals surface area contributed by atoms with E-state index in [9.17, 15) is 15.0 Å². The molecule has 1 aromatic heterocycles. The van der Waals surface area contributed by atoms with Crippen molar-refractivity contribution in [2.24, 2.45) is 5.73 Å². The zero-order valence-corrected chi connectivity index (χ0v) is 11.3. The molecule has 2 heterocycles. The van der Waals surface area contributed by atoms with Crippen LogP contribution in [0.5, 0.6) is 0 Å². The number of aliphatic hydroxyl groups is 2. The van der Waals surface area contributed by atoms with Crippen LogP contribution in [-0.2, 0) is 9.47 Å². The van der Waals surface area contributed by atoms with E-state index in [0.717, 1.165) is 6.33 Å². The number of anilines is 2. The minimum atomic E-state index is -1.24. The summed E-state index contributed by atoms with van der Waals surface area (Å²) < 4.78 is 9.96. The average molecular weight is 299 g/mol. The molecule has 7 N–H and O–H groups in total. The molecule has 0 spiro atoms. The molecule has 1 saturated heterocycles. The fraction of sp³-hybridized carbons (Fsp3) is 0.545. The molecular formula is C11H17N5O5. The molecule has 0 amide bonds. The van der Waals surface area contributed by atoms with Crippen molar-refractivity contribution >= 4 is 17.6 Å². The number of rotatable bonds is 4. The number of esters is 1. The number of carbonyl (C=O) groups is 1. The molecule has 0 aliphatic carbocycles. The largest absolute Gasteiger partial charge is 0.465 e. The lowest BCUT2D eigenvalue weighted by Crippen LogP contribution is -2.37. The van der Waals surface area contributed by atoms with Gasteiger partial charge in [-0.2, -0.15) is 0 Å². The number of methoxy groups -OCH3 is 1. The van der Waals surface area contributed by atoms with E-state index in [1.165, 1.54) is 7.11 Å². The maximum absolute atomic E-state index is 11.7. The van der Waals surface area contributed by atoms with Crippen molar-refractivity contribution in [2.75, 3.05) is 24.7 Å². The van der Waals surface area contributed by atoms with Crippen LogP contribution in [0.2, 0.25) is 0 Å². The van der Waals surface area contributed by atoms with Gasteiger partial charge in [-0.25, -0.2) is 14.8 Å². The van der Waals surface area contributed by atoms with Crippen molar-refractivity contribution in [3.8, 4) is 0 Å². The second kappa shape index (κ2) is 6.18. The standard InChI is InChI=1S/C11H17N5O5/c1-20-11(19)5-8(13)14-3-15-9(5)16-10-7(18)6(17)4(2-12)21-10/h3-4,6-7,10,17-18H,2,12H2,1H3,(H3,13,14,15,16)/t4-,6-,7-,10-/m1/s1. The fourth-order valence-corrected chi connectivity index (χ4v) is 2.01. The summed E-state index contributed by atoms with van der Waals surface area (Å²) in [6.07, 6.45) is -2.96. The zero-order valence-electron chi connectivity index (χ0n) is 11.3. The predicted octanol–water partition coefficient (Wildman–Crippen LogP) is -2.34. The van der Waals surface area contributed by atoms with E-state index in [0.29, 0.717) is 0 Å². The molecular weight excluding hydrogens is 282 g/mol. The van der Waals surface area contributed by atoms with Gasteiger partial charge >= 0.3 is 5.97 Å². The van der Waals surface area contributed by atoms with Crippen molar-refractivity contribution in [3.05, 3.63) is 11.9 Å². The minimum absolute atomic E-state index is 0.0308. The summed E-state index contributed by atoms with van der Waals surface area (Å²) in [7, 11) is 1.19. The quantitative estimate of drug-likeness (QED) is 0.380. The summed E-state index contributed by atoms with van der Waals surface area (Å²) in [5.74, 6) is -0.787. The molecule has 10 nitrogen and oxygen atoms in total. The Morgan fingerprint density at radius 1 is 1.48 bits per heavy atom. The van der Waals surface area contributed by atoms with Gasteiger partial charge in [0.15, 0.2) is 6.23 Å². The van der Waals surface area contributed by atoms with Gasteiger partial charge < -0.3 is 36.5 Å². The molecule has 21 heavy (non-hydrogen) atoms. The van der Waals surface area contributed by atoms with Crippen LogP contribution in [0.15, 0.2) is 6.33 Å². The molecule has 1 fully saturated rings. The lowest BCUT2D eigenvalue weighted by molar-refractivity contribution is 0.0247. The van der Waals surface area contributed by atoms with Crippen molar-refractivity contribution in [3.63, 3.8) is 0 Å². The molecule has 1 aliphatic heterocycles. The summed E-state index contributed by atoms with van der Waals surface area (Å²) in [6, 6.07) is 0. The number of aliphatic hydroxyl groups excluding tert-OH is 2. The van der Waals surface area contributed by atoms with Crippen LogP contribution < -0.4 is 16.8 Å². The number of aromatic nitrogens is 2. The topological polar surface area (TPSA) is 166 Å². The van der Waals surface area contributed by atoms with Crippen LogP contribution in [-0.4, -0.2) is 64.3 Å². The maximum Gasteiger partial charge on any atom is 0.345 e. The van der Waals surface area contributed by atoms with E-state index < -0.39 is 30.5 Å². The lowest BCUT2D eigenvalue weighted by atomic mass is 10.1. The van der Waals surface area contributed by atoms with Gasteiger partial charge in [-0.3, -0.25) is 0 Å². The third kappa shape index (κ3) is 2.88. The van der Waals surface area contributed by atoms with Crippen LogP contribution in [0, 0.1) is 0 Å². The molecule has 0 radical (unpaired) electrons. The first kappa shape index (κ1) is 15.4. The molecule has 0 aromatic carbocycles. The van der Waals surface area contributed by atoms with E-state index in [1.807, 2.05) is 0 Å². The van der Waals surface area contributed by atoms with E-state index in [-0.39, 0.29) is 23.7 Å². The third-order valence-electron chi connectivity index (χ3n) is 3.14. The Morgan fingerprint density at radius 2 is 2.19 bits per heavy atom. The van der Waals surface area contributed by atoms with Gasteiger partial charge in [0.1, 0.15) is 41.8 Å². The van der Waals surface area contributed by atoms with Gasteiger partial charge in [0.05, 0.1) is 7.11 Å². The Labute approximate surface area is 120 Å². The predicted molar refractivity (Wildman–Crippen MR) is 71.1 cm³/mol. The molecule has 10 heteroatoms. The van der Waals surface area contributed by atoms with Gasteiger partial charge in [-0.15, -0.1) is 0 Å². The number of hydrogen-bond donors (Lipinski definition) is 5. The molecule has 4 atom stereocenters. The van der Waals surface area contributed by atoms with Crippen molar-refractivity contribution < 1.29 is 24.5 Å². The van der Waals surface area contributed by atoms with Gasteiger partial charge in [0.25, 0.3) is 0 Å². The molecule has 0 saturated carbocycles. The number of nitrogens with two attached hydrogens (primary N) is 2. The zero-order chi connectivity index (χ0) is 15.6. The van der Waals surface area contributed by atoms with E-state index in [2.05, 4.69) is 20.0 Å². The van der Waals surface area contributed by atoms with Gasteiger partial charge in [-0.1, -0.05) is 0 Å². The Hall–Kier alpha value is -2.01. The normalized spacial score (nSPS) is 28.4. The number of ether oxygens (including phenoxy) is 2. The highest BCUT2D eigenvalue weighted by Crippen LogP contribution is 2.25. The summed E-state index contributed by atoms with van der Waals surface area (Å²) >= 11 is 0. The lowest BCUT2D eigenvalue weighted by Gasteiger charge is -2.18. The van der Waals surface area contributed by atoms with Gasteiger partial charge in [0, 0.05) is 6.54 Å². The van der Waals surface area contributed by atoms with Crippen LogP contribution >= 0.6 is 0 Å². The number of hydrogen-bond acceptors (Lipinski definition) is 10. The second-order valence-corrected chi connectivity index (χ2v) is 4.43. The Balaban J connectivity index is 2.24. The molecule has 1 aromatic rings. The first-order chi connectivity index (χ1) is 9.99. The maximum atomic E-state index is 11.7. The van der Waals surface area contributed by atoms with Crippen LogP contribution in [0.4, 0.5) is 11.6 Å². The second-order valence-electron chi connectivity index (χ2n) is 4.43. The minimum Gasteiger partial charge on any atom is -0.465 e. The van der Waals surface area contributed by atoms with Crippen molar-refractivity contribution in [2.45, 2.75) is 24.5 Å². The molecule has 0 unspecified atom stereocenters. The van der Waals surface area contributed by atoms with E-state index in [4.69, 9.17) is 16.2 Å². The van der Waals surface area contributed by atoms with Crippen molar-refractivity contribution in [1.29, 1.82) is 0 Å². The highest BCUT2D eigenvalue weighted by Gasteiger charge is 2.42. The Bertz CT molecular complexity index is 528. The van der Waals surface area contributed by atoms with Gasteiger partial charge in [0.2, 0.25) is 0 Å². The van der Waals surface area contributed by atoms with Crippen LogP contribution in [0.25, 0.3) is 0 Å². The van der Waals surface area contributed by atoms with Crippen LogP contribution in [0.1, 0.15) is 10.4 Å². The smallest absolute Gasteiger partial charge is 0.345 e. The number of carbonyl (C=O) groups excluding carboxylic acids is 1. The third-order valence-corrected chi connectivity index (χ3v) is 3.14. The summed E-state index contributed by atoms with van der Waals surface area (Å²) in [5, 5.41) is 22.3. The van der Waals surface area contributed by atoms with Gasteiger partial charge in [-0.05, 0) is 0 Å². The van der Waals surface area contributed by atoms with Crippen molar-refractivity contribution in [1.82, 2.24) is 9.97 Å². The molecule has 1 aliphatic rings. The average Bonchev–Trinajstić information content (AvgIpc) is 2.74. The summed E-state index contributed by atoms with van der Waals surface area (Å²) in [5.41, 5.74) is 11.0. The Morgan fingerprint density at radius 3 is 2.76 bits per heavy atom. The van der Waals surface area contributed by atoms with Crippen LogP contribution in [0.3, 0.4) is 0 Å². The van der Waals surface area contributed by atoms with E-state index >= 15 is 0 Å². The molecule has 116 valence electrons. The highest BCUT2D eigenvalue weighted by atomic mass is 16.6.